The third-order valence-electron chi connectivity index (χ3n) is 2.83. The van der Waals surface area contributed by atoms with E-state index >= 15 is 0 Å². The van der Waals surface area contributed by atoms with Crippen LogP contribution in [0.25, 0.3) is 0 Å². The van der Waals surface area contributed by atoms with Crippen molar-refractivity contribution in [1.29, 1.82) is 0 Å². The first-order chi connectivity index (χ1) is 8.94. The number of methoxy groups -OCH3 is 1. The van der Waals surface area contributed by atoms with Crippen molar-refractivity contribution in [2.24, 2.45) is 5.73 Å². The van der Waals surface area contributed by atoms with Gasteiger partial charge in [-0.25, -0.2) is 13.1 Å². The van der Waals surface area contributed by atoms with Gasteiger partial charge in [-0.15, -0.1) is 0 Å². The summed E-state index contributed by atoms with van der Waals surface area (Å²) in [5, 5.41) is 0. The predicted molar refractivity (Wildman–Crippen MR) is 75.6 cm³/mol. The summed E-state index contributed by atoms with van der Waals surface area (Å²) in [5.41, 5.74) is 6.30. The molecule has 1 aromatic carbocycles. The van der Waals surface area contributed by atoms with Gasteiger partial charge in [-0.2, -0.15) is 0 Å². The van der Waals surface area contributed by atoms with Crippen LogP contribution in [0.1, 0.15) is 32.3 Å². The van der Waals surface area contributed by atoms with E-state index < -0.39 is 10.0 Å². The van der Waals surface area contributed by atoms with E-state index in [1.807, 2.05) is 13.8 Å². The monoisotopic (exact) mass is 286 g/mol. The average Bonchev–Trinajstić information content (AvgIpc) is 2.37. The molecule has 0 radical (unpaired) electrons. The van der Waals surface area contributed by atoms with E-state index in [-0.39, 0.29) is 17.5 Å². The summed E-state index contributed by atoms with van der Waals surface area (Å²) >= 11 is 0. The number of hydrogen-bond donors (Lipinski definition) is 2. The Morgan fingerprint density at radius 2 is 2.11 bits per heavy atom. The lowest BCUT2D eigenvalue weighted by atomic mass is 10.2. The zero-order valence-electron chi connectivity index (χ0n) is 11.6. The number of nitrogens with two attached hydrogens (primary N) is 1. The Hall–Kier alpha value is -1.11. The molecular formula is C13H22N2O3S. The van der Waals surface area contributed by atoms with Crippen LogP contribution in [0.15, 0.2) is 23.1 Å². The standard InChI is InChI=1S/C13H22N2O3S/c1-4-5-10(2)15-19(16,17)13-8-11(9-14)6-7-12(13)18-3/h6-8,10,15H,4-5,9,14H2,1-3H3. The van der Waals surface area contributed by atoms with Crippen molar-refractivity contribution in [3.8, 4) is 5.75 Å². The molecular weight excluding hydrogens is 264 g/mol. The van der Waals surface area contributed by atoms with Crippen LogP contribution >= 0.6 is 0 Å². The fraction of sp³-hybridized carbons (Fsp3) is 0.538. The Morgan fingerprint density at radius 1 is 1.42 bits per heavy atom. The summed E-state index contributed by atoms with van der Waals surface area (Å²) in [5.74, 6) is 0.327. The summed E-state index contributed by atoms with van der Waals surface area (Å²) in [6.07, 6.45) is 1.71. The Kier molecular flexibility index (Phi) is 5.78. The first-order valence-corrected chi connectivity index (χ1v) is 7.82. The number of sulfonamides is 1. The van der Waals surface area contributed by atoms with Gasteiger partial charge in [-0.1, -0.05) is 19.4 Å². The van der Waals surface area contributed by atoms with Gasteiger partial charge in [0.05, 0.1) is 7.11 Å². The van der Waals surface area contributed by atoms with Crippen molar-refractivity contribution < 1.29 is 13.2 Å². The topological polar surface area (TPSA) is 81.4 Å². The van der Waals surface area contributed by atoms with Crippen LogP contribution in [0.5, 0.6) is 5.75 Å². The fourth-order valence-corrected chi connectivity index (χ4v) is 3.38. The Labute approximate surface area is 115 Å². The molecule has 1 rings (SSSR count). The molecule has 1 atom stereocenters. The highest BCUT2D eigenvalue weighted by Crippen LogP contribution is 2.25. The Balaban J connectivity index is 3.11. The lowest BCUT2D eigenvalue weighted by molar-refractivity contribution is 0.401. The average molecular weight is 286 g/mol. The third kappa shape index (κ3) is 4.19. The Bertz CT molecular complexity index is 515. The van der Waals surface area contributed by atoms with Crippen molar-refractivity contribution >= 4 is 10.0 Å². The summed E-state index contributed by atoms with van der Waals surface area (Å²) < 4.78 is 32.4. The molecule has 0 aliphatic carbocycles. The maximum atomic E-state index is 12.3. The largest absolute Gasteiger partial charge is 0.495 e. The van der Waals surface area contributed by atoms with E-state index in [0.29, 0.717) is 5.75 Å². The molecule has 0 saturated carbocycles. The van der Waals surface area contributed by atoms with Gasteiger partial charge in [0.15, 0.2) is 0 Å². The lowest BCUT2D eigenvalue weighted by Gasteiger charge is -2.16. The van der Waals surface area contributed by atoms with Gasteiger partial charge < -0.3 is 10.5 Å². The van der Waals surface area contributed by atoms with Crippen LogP contribution in [0, 0.1) is 0 Å². The first kappa shape index (κ1) is 15.9. The molecule has 0 amide bonds. The van der Waals surface area contributed by atoms with Crippen molar-refractivity contribution in [3.05, 3.63) is 23.8 Å². The number of rotatable bonds is 7. The smallest absolute Gasteiger partial charge is 0.244 e. The van der Waals surface area contributed by atoms with Crippen LogP contribution in [0.3, 0.4) is 0 Å². The second-order valence-electron chi connectivity index (χ2n) is 4.50. The molecule has 6 heteroatoms. The molecule has 0 aliphatic heterocycles. The summed E-state index contributed by atoms with van der Waals surface area (Å²) in [4.78, 5) is 0.140. The maximum absolute atomic E-state index is 12.3. The minimum atomic E-state index is -3.59. The second-order valence-corrected chi connectivity index (χ2v) is 6.18. The van der Waals surface area contributed by atoms with Crippen molar-refractivity contribution in [3.63, 3.8) is 0 Å². The molecule has 0 aromatic heterocycles. The molecule has 0 aliphatic rings. The highest BCUT2D eigenvalue weighted by molar-refractivity contribution is 7.89. The van der Waals surface area contributed by atoms with Gasteiger partial charge in [0.25, 0.3) is 0 Å². The van der Waals surface area contributed by atoms with Crippen molar-refractivity contribution in [2.45, 2.75) is 44.2 Å². The van der Waals surface area contributed by atoms with E-state index in [9.17, 15) is 8.42 Å². The minimum absolute atomic E-state index is 0.110. The van der Waals surface area contributed by atoms with Crippen LogP contribution in [-0.4, -0.2) is 21.6 Å². The van der Waals surface area contributed by atoms with Gasteiger partial charge in [0.2, 0.25) is 10.0 Å². The van der Waals surface area contributed by atoms with Crippen molar-refractivity contribution in [2.75, 3.05) is 7.11 Å². The molecule has 1 unspecified atom stereocenters. The maximum Gasteiger partial charge on any atom is 0.244 e. The molecule has 0 heterocycles. The minimum Gasteiger partial charge on any atom is -0.495 e. The molecule has 5 nitrogen and oxygen atoms in total. The SMILES string of the molecule is CCCC(C)NS(=O)(=O)c1cc(CN)ccc1OC. The zero-order chi connectivity index (χ0) is 14.5. The number of benzene rings is 1. The number of nitrogens with one attached hydrogen (secondary N) is 1. The van der Waals surface area contributed by atoms with Crippen LogP contribution in [0.2, 0.25) is 0 Å². The first-order valence-electron chi connectivity index (χ1n) is 6.34. The van der Waals surface area contributed by atoms with Crippen LogP contribution in [-0.2, 0) is 16.6 Å². The van der Waals surface area contributed by atoms with Gasteiger partial charge in [0.1, 0.15) is 10.6 Å². The Morgan fingerprint density at radius 3 is 2.63 bits per heavy atom. The fourth-order valence-electron chi connectivity index (χ4n) is 1.88. The zero-order valence-corrected chi connectivity index (χ0v) is 12.5. The van der Waals surface area contributed by atoms with Crippen LogP contribution in [0.4, 0.5) is 0 Å². The third-order valence-corrected chi connectivity index (χ3v) is 4.44. The van der Waals surface area contributed by atoms with Gasteiger partial charge >= 0.3 is 0 Å². The van der Waals surface area contributed by atoms with E-state index in [0.717, 1.165) is 18.4 Å². The molecule has 1 aromatic rings. The number of hydrogen-bond acceptors (Lipinski definition) is 4. The highest BCUT2D eigenvalue weighted by Gasteiger charge is 2.21. The van der Waals surface area contributed by atoms with E-state index in [1.165, 1.54) is 7.11 Å². The van der Waals surface area contributed by atoms with E-state index in [4.69, 9.17) is 10.5 Å². The van der Waals surface area contributed by atoms with E-state index in [1.54, 1.807) is 18.2 Å². The summed E-state index contributed by atoms with van der Waals surface area (Å²) in [6.45, 7) is 4.15. The highest BCUT2D eigenvalue weighted by atomic mass is 32.2. The predicted octanol–water partition coefficient (Wildman–Crippen LogP) is 1.62. The molecule has 3 N–H and O–H groups in total. The van der Waals surface area contributed by atoms with Gasteiger partial charge in [-0.05, 0) is 31.0 Å². The second kappa shape index (κ2) is 6.88. The molecule has 108 valence electrons. The normalized spacial score (nSPS) is 13.3. The van der Waals surface area contributed by atoms with Gasteiger partial charge in [-0.3, -0.25) is 0 Å². The van der Waals surface area contributed by atoms with Gasteiger partial charge in [0, 0.05) is 12.6 Å². The van der Waals surface area contributed by atoms with Crippen LogP contribution < -0.4 is 15.2 Å². The summed E-state index contributed by atoms with van der Waals surface area (Å²) in [7, 11) is -2.14. The summed E-state index contributed by atoms with van der Waals surface area (Å²) in [6, 6.07) is 4.83. The number of ether oxygens (including phenoxy) is 1. The molecule has 19 heavy (non-hydrogen) atoms. The molecule has 0 saturated heterocycles. The molecule has 0 spiro atoms. The molecule has 0 bridgehead atoms. The van der Waals surface area contributed by atoms with Crippen molar-refractivity contribution in [1.82, 2.24) is 4.72 Å². The lowest BCUT2D eigenvalue weighted by Crippen LogP contribution is -2.32. The molecule has 0 fully saturated rings. The quantitative estimate of drug-likeness (QED) is 0.798. The van der Waals surface area contributed by atoms with E-state index in [2.05, 4.69) is 4.72 Å².